The van der Waals surface area contributed by atoms with Crippen LogP contribution in [0, 0.1) is 11.8 Å². The molecule has 0 aromatic heterocycles. The molecule has 2 aliphatic rings. The molecule has 250 valence electrons. The minimum Gasteiger partial charge on any atom is -0.356 e. The molecular weight excluding hydrogens is 584 g/mol. The molecule has 47 heavy (non-hydrogen) atoms. The molecule has 1 aliphatic heterocycles. The molecule has 1 saturated carbocycles. The standard InChI is InChI=1S/C40H52N4O3/c45-37(41-25-24-38(46)43-29-33-16-13-27-44(31-33)30-32-14-5-1-6-15-32)23-26-42-39(47)28-40(34-17-7-2-8-18-34,35-19-9-3-10-20-35)36-21-11-4-12-22-36/h2-4,7-12,17-22,32-33H,1,5-6,13-16,23-31H2,(H,41,45)(H,42,47)(H,43,46)/t33-/m1/s1. The number of carbonyl (C=O) groups is 3. The van der Waals surface area contributed by atoms with Gasteiger partial charge in [0.15, 0.2) is 0 Å². The lowest BCUT2D eigenvalue weighted by Crippen LogP contribution is -2.43. The van der Waals surface area contributed by atoms with Crippen molar-refractivity contribution in [1.82, 2.24) is 20.9 Å². The highest BCUT2D eigenvalue weighted by atomic mass is 16.2. The van der Waals surface area contributed by atoms with Gasteiger partial charge in [0.1, 0.15) is 0 Å². The number of benzene rings is 3. The number of likely N-dealkylation sites (tertiary alicyclic amines) is 1. The maximum Gasteiger partial charge on any atom is 0.221 e. The quantitative estimate of drug-likeness (QED) is 0.183. The van der Waals surface area contributed by atoms with E-state index in [1.165, 1.54) is 51.6 Å². The van der Waals surface area contributed by atoms with Gasteiger partial charge in [0.05, 0.1) is 5.41 Å². The van der Waals surface area contributed by atoms with Crippen molar-refractivity contribution < 1.29 is 14.4 Å². The summed E-state index contributed by atoms with van der Waals surface area (Å²) in [6, 6.07) is 30.4. The van der Waals surface area contributed by atoms with Crippen molar-refractivity contribution in [3.8, 4) is 0 Å². The molecule has 3 N–H and O–H groups in total. The third kappa shape index (κ3) is 10.0. The average Bonchev–Trinajstić information content (AvgIpc) is 3.11. The first-order chi connectivity index (χ1) is 23.0. The molecule has 7 nitrogen and oxygen atoms in total. The van der Waals surface area contributed by atoms with Crippen molar-refractivity contribution in [2.75, 3.05) is 39.3 Å². The smallest absolute Gasteiger partial charge is 0.221 e. The van der Waals surface area contributed by atoms with Crippen molar-refractivity contribution in [2.45, 2.75) is 69.6 Å². The molecule has 0 unspecified atom stereocenters. The van der Waals surface area contributed by atoms with E-state index in [2.05, 4.69) is 57.2 Å². The number of hydrogen-bond donors (Lipinski definition) is 3. The summed E-state index contributed by atoms with van der Waals surface area (Å²) in [5, 5.41) is 8.92. The monoisotopic (exact) mass is 636 g/mol. The fourth-order valence-corrected chi connectivity index (χ4v) is 7.56. The van der Waals surface area contributed by atoms with E-state index in [-0.39, 0.29) is 50.1 Å². The molecule has 3 aromatic carbocycles. The van der Waals surface area contributed by atoms with E-state index in [0.29, 0.717) is 12.5 Å². The fraction of sp³-hybridized carbons (Fsp3) is 0.475. The Morgan fingerprint density at radius 1 is 0.596 bits per heavy atom. The molecule has 7 heteroatoms. The zero-order chi connectivity index (χ0) is 32.7. The number of rotatable bonds is 15. The van der Waals surface area contributed by atoms with Crippen molar-refractivity contribution >= 4 is 17.7 Å². The lowest BCUT2D eigenvalue weighted by Gasteiger charge is -2.36. The molecule has 3 aromatic rings. The van der Waals surface area contributed by atoms with Crippen LogP contribution in [-0.4, -0.2) is 61.9 Å². The van der Waals surface area contributed by atoms with Crippen LogP contribution in [0.4, 0.5) is 0 Å². The van der Waals surface area contributed by atoms with E-state index in [9.17, 15) is 14.4 Å². The van der Waals surface area contributed by atoms with Crippen molar-refractivity contribution in [1.29, 1.82) is 0 Å². The molecule has 5 rings (SSSR count). The van der Waals surface area contributed by atoms with Gasteiger partial charge in [0, 0.05) is 52.0 Å². The largest absolute Gasteiger partial charge is 0.356 e. The molecule has 1 saturated heterocycles. The van der Waals surface area contributed by atoms with Crippen LogP contribution >= 0.6 is 0 Å². The summed E-state index contributed by atoms with van der Waals surface area (Å²) < 4.78 is 0. The highest BCUT2D eigenvalue weighted by Crippen LogP contribution is 2.42. The molecule has 2 fully saturated rings. The second kappa shape index (κ2) is 17.8. The van der Waals surface area contributed by atoms with Crippen LogP contribution in [0.1, 0.15) is 80.9 Å². The zero-order valence-electron chi connectivity index (χ0n) is 27.8. The van der Waals surface area contributed by atoms with Crippen LogP contribution in [0.3, 0.4) is 0 Å². The minimum atomic E-state index is -0.686. The number of nitrogens with one attached hydrogen (secondary N) is 3. The summed E-state index contributed by atoms with van der Waals surface area (Å²) >= 11 is 0. The summed E-state index contributed by atoms with van der Waals surface area (Å²) in [6.45, 7) is 4.69. The highest BCUT2D eigenvalue weighted by molar-refractivity contribution is 5.82. The van der Waals surface area contributed by atoms with Crippen molar-refractivity contribution in [3.63, 3.8) is 0 Å². The number of amides is 3. The first kappa shape index (κ1) is 34.4. The summed E-state index contributed by atoms with van der Waals surface area (Å²) in [6.07, 6.45) is 9.85. The third-order valence-electron chi connectivity index (χ3n) is 10.0. The van der Waals surface area contributed by atoms with Crippen LogP contribution in [-0.2, 0) is 19.8 Å². The Morgan fingerprint density at radius 3 is 1.64 bits per heavy atom. The highest BCUT2D eigenvalue weighted by Gasteiger charge is 2.38. The van der Waals surface area contributed by atoms with Gasteiger partial charge in [-0.2, -0.15) is 0 Å². The summed E-state index contributed by atoms with van der Waals surface area (Å²) in [4.78, 5) is 41.2. The number of piperidine rings is 1. The van der Waals surface area contributed by atoms with Crippen molar-refractivity contribution in [3.05, 3.63) is 108 Å². The first-order valence-electron chi connectivity index (χ1n) is 17.7. The molecule has 0 radical (unpaired) electrons. The van der Waals surface area contributed by atoms with E-state index < -0.39 is 5.41 Å². The van der Waals surface area contributed by atoms with Gasteiger partial charge in [-0.15, -0.1) is 0 Å². The number of carbonyl (C=O) groups excluding carboxylic acids is 3. The molecule has 3 amide bonds. The molecule has 1 aliphatic carbocycles. The van der Waals surface area contributed by atoms with Crippen LogP contribution in [0.25, 0.3) is 0 Å². The third-order valence-corrected chi connectivity index (χ3v) is 10.0. The van der Waals surface area contributed by atoms with Gasteiger partial charge in [0.25, 0.3) is 0 Å². The maximum absolute atomic E-state index is 13.5. The minimum absolute atomic E-state index is 0.0258. The predicted octanol–water partition coefficient (Wildman–Crippen LogP) is 5.83. The second-order valence-electron chi connectivity index (χ2n) is 13.5. The van der Waals surface area contributed by atoms with Crippen molar-refractivity contribution in [2.24, 2.45) is 11.8 Å². The Bertz CT molecular complexity index is 1300. The Morgan fingerprint density at radius 2 is 1.09 bits per heavy atom. The van der Waals surface area contributed by atoms with Gasteiger partial charge in [-0.05, 0) is 60.8 Å². The molecule has 0 spiro atoms. The average molecular weight is 637 g/mol. The normalized spacial score (nSPS) is 17.5. The maximum atomic E-state index is 13.5. The van der Waals surface area contributed by atoms with Gasteiger partial charge in [-0.3, -0.25) is 14.4 Å². The van der Waals surface area contributed by atoms with Gasteiger partial charge < -0.3 is 20.9 Å². The van der Waals surface area contributed by atoms with Gasteiger partial charge in [0.2, 0.25) is 17.7 Å². The summed E-state index contributed by atoms with van der Waals surface area (Å²) in [5.41, 5.74) is 2.41. The molecule has 1 heterocycles. The number of nitrogens with zero attached hydrogens (tertiary/aromatic N) is 1. The molecular formula is C40H52N4O3. The topological polar surface area (TPSA) is 90.5 Å². The van der Waals surface area contributed by atoms with E-state index in [1.807, 2.05) is 54.6 Å². The first-order valence-corrected chi connectivity index (χ1v) is 17.7. The van der Waals surface area contributed by atoms with Gasteiger partial charge in [-0.1, -0.05) is 110 Å². The Labute approximate surface area is 280 Å². The molecule has 0 bridgehead atoms. The number of hydrogen-bond acceptors (Lipinski definition) is 4. The molecule has 1 atom stereocenters. The second-order valence-corrected chi connectivity index (χ2v) is 13.5. The lowest BCUT2D eigenvalue weighted by molar-refractivity contribution is -0.122. The Balaban J connectivity index is 1.04. The Kier molecular flexibility index (Phi) is 13.0. The van der Waals surface area contributed by atoms with Gasteiger partial charge in [-0.25, -0.2) is 0 Å². The van der Waals surface area contributed by atoms with E-state index in [4.69, 9.17) is 0 Å². The van der Waals surface area contributed by atoms with E-state index in [1.54, 1.807) is 0 Å². The van der Waals surface area contributed by atoms with Crippen LogP contribution in [0.2, 0.25) is 0 Å². The lowest BCUT2D eigenvalue weighted by atomic mass is 9.67. The predicted molar refractivity (Wildman–Crippen MR) is 188 cm³/mol. The van der Waals surface area contributed by atoms with E-state index in [0.717, 1.165) is 35.6 Å². The fourth-order valence-electron chi connectivity index (χ4n) is 7.56. The van der Waals surface area contributed by atoms with Gasteiger partial charge >= 0.3 is 0 Å². The van der Waals surface area contributed by atoms with Crippen LogP contribution in [0.5, 0.6) is 0 Å². The summed E-state index contributed by atoms with van der Waals surface area (Å²) in [7, 11) is 0. The van der Waals surface area contributed by atoms with Crippen LogP contribution in [0.15, 0.2) is 91.0 Å². The SMILES string of the molecule is O=C(CCNC(=O)CC(c1ccccc1)(c1ccccc1)c1ccccc1)NCCC(=O)NC[C@H]1CCCN(CC2CCCCC2)C1. The summed E-state index contributed by atoms with van der Waals surface area (Å²) in [5.74, 6) is 1.01. The van der Waals surface area contributed by atoms with E-state index >= 15 is 0 Å². The zero-order valence-corrected chi connectivity index (χ0v) is 27.8. The van der Waals surface area contributed by atoms with Crippen LogP contribution < -0.4 is 16.0 Å². The Hall–Kier alpha value is -3.97.